The van der Waals surface area contributed by atoms with Crippen LogP contribution in [0.3, 0.4) is 0 Å². The number of nitrogens with one attached hydrogen (secondary N) is 3. The van der Waals surface area contributed by atoms with Crippen molar-refractivity contribution in [3.63, 3.8) is 0 Å². The second kappa shape index (κ2) is 14.4. The molecule has 0 unspecified atom stereocenters. The predicted molar refractivity (Wildman–Crippen MR) is 143 cm³/mol. The number of aryl methyl sites for hydroxylation is 1. The first kappa shape index (κ1) is 26.6. The summed E-state index contributed by atoms with van der Waals surface area (Å²) >= 11 is 5.22. The van der Waals surface area contributed by atoms with Gasteiger partial charge >= 0.3 is 5.97 Å². The maximum absolute atomic E-state index is 12.7. The Morgan fingerprint density at radius 2 is 1.42 bits per heavy atom. The average Bonchev–Trinajstić information content (AvgIpc) is 2.90. The molecule has 0 atom stereocenters. The van der Waals surface area contributed by atoms with Crippen LogP contribution in [0.5, 0.6) is 0 Å². The van der Waals surface area contributed by atoms with Gasteiger partial charge in [0.15, 0.2) is 5.11 Å². The maximum atomic E-state index is 12.7. The lowest BCUT2D eigenvalue weighted by atomic mass is 10.1. The minimum atomic E-state index is -0.433. The number of esters is 1. The van der Waals surface area contributed by atoms with Crippen molar-refractivity contribution >= 4 is 40.8 Å². The molecule has 0 spiro atoms. The molecule has 0 radical (unpaired) electrons. The molecule has 0 fully saturated rings. The molecule has 186 valence electrons. The first-order valence-electron chi connectivity index (χ1n) is 11.7. The van der Waals surface area contributed by atoms with Gasteiger partial charge in [0, 0.05) is 13.0 Å². The lowest BCUT2D eigenvalue weighted by Crippen LogP contribution is -2.35. The van der Waals surface area contributed by atoms with Crippen LogP contribution in [0.2, 0.25) is 0 Å². The van der Waals surface area contributed by atoms with E-state index in [1.165, 1.54) is 5.56 Å². The van der Waals surface area contributed by atoms with Gasteiger partial charge in [-0.25, -0.2) is 0 Å². The Bertz CT molecular complexity index is 1170. The van der Waals surface area contributed by atoms with Crippen LogP contribution >= 0.6 is 12.2 Å². The fourth-order valence-corrected chi connectivity index (χ4v) is 3.62. The molecule has 3 aromatic rings. The molecule has 0 bridgehead atoms. The monoisotopic (exact) mass is 503 g/mol. The van der Waals surface area contributed by atoms with Gasteiger partial charge in [0.25, 0.3) is 5.91 Å². The summed E-state index contributed by atoms with van der Waals surface area (Å²) in [4.78, 5) is 36.8. The zero-order chi connectivity index (χ0) is 25.6. The van der Waals surface area contributed by atoms with Crippen LogP contribution in [0.4, 0.5) is 5.69 Å². The molecule has 7 nitrogen and oxygen atoms in total. The minimum Gasteiger partial charge on any atom is -0.466 e. The molecule has 36 heavy (non-hydrogen) atoms. The largest absolute Gasteiger partial charge is 0.466 e. The van der Waals surface area contributed by atoms with Gasteiger partial charge in [-0.2, -0.15) is 0 Å². The van der Waals surface area contributed by atoms with E-state index in [-0.39, 0.29) is 23.9 Å². The van der Waals surface area contributed by atoms with E-state index in [4.69, 9.17) is 17.0 Å². The first-order valence-corrected chi connectivity index (χ1v) is 12.1. The zero-order valence-corrected chi connectivity index (χ0v) is 20.7. The van der Waals surface area contributed by atoms with Gasteiger partial charge in [0.1, 0.15) is 0 Å². The van der Waals surface area contributed by atoms with Crippen molar-refractivity contribution in [2.45, 2.75) is 32.2 Å². The van der Waals surface area contributed by atoms with E-state index in [0.717, 1.165) is 12.0 Å². The van der Waals surface area contributed by atoms with Gasteiger partial charge in [0.05, 0.1) is 24.3 Å². The van der Waals surface area contributed by atoms with Crippen molar-refractivity contribution in [2.24, 2.45) is 0 Å². The standard InChI is InChI=1S/C28H29N3O4S/c32-25(17-18-26(33)35-19-9-14-21-10-3-1-4-11-21)31-28(36)30-24-16-8-7-15-23(24)27(34)29-20-22-12-5-2-6-13-22/h1-8,10-13,15-16H,9,14,17-20H2,(H,29,34)(H2,30,31,32,36). The van der Waals surface area contributed by atoms with E-state index in [1.807, 2.05) is 60.7 Å². The molecule has 0 aromatic heterocycles. The Kier molecular flexibility index (Phi) is 10.6. The van der Waals surface area contributed by atoms with Crippen LogP contribution in [0.15, 0.2) is 84.9 Å². The van der Waals surface area contributed by atoms with Crippen LogP contribution in [0.1, 0.15) is 40.7 Å². The lowest BCUT2D eigenvalue weighted by molar-refractivity contribution is -0.145. The van der Waals surface area contributed by atoms with Gasteiger partial charge in [-0.15, -0.1) is 0 Å². The Labute approximate surface area is 216 Å². The fraction of sp³-hybridized carbons (Fsp3) is 0.214. The summed E-state index contributed by atoms with van der Waals surface area (Å²) in [5.41, 5.74) is 3.02. The highest BCUT2D eigenvalue weighted by Gasteiger charge is 2.14. The molecular formula is C28H29N3O4S. The summed E-state index contributed by atoms with van der Waals surface area (Å²) < 4.78 is 5.20. The number of hydrogen-bond acceptors (Lipinski definition) is 5. The molecule has 0 heterocycles. The smallest absolute Gasteiger partial charge is 0.306 e. The van der Waals surface area contributed by atoms with Crippen molar-refractivity contribution in [1.82, 2.24) is 10.6 Å². The third-order valence-electron chi connectivity index (χ3n) is 5.24. The van der Waals surface area contributed by atoms with Gasteiger partial charge < -0.3 is 20.7 Å². The maximum Gasteiger partial charge on any atom is 0.306 e. The van der Waals surface area contributed by atoms with E-state index in [1.54, 1.807) is 24.3 Å². The highest BCUT2D eigenvalue weighted by molar-refractivity contribution is 7.80. The summed E-state index contributed by atoms with van der Waals surface area (Å²) in [6.45, 7) is 0.690. The van der Waals surface area contributed by atoms with E-state index in [2.05, 4.69) is 16.0 Å². The fourth-order valence-electron chi connectivity index (χ4n) is 3.40. The van der Waals surface area contributed by atoms with Crippen LogP contribution in [0.25, 0.3) is 0 Å². The molecule has 0 aliphatic carbocycles. The van der Waals surface area contributed by atoms with E-state index >= 15 is 0 Å². The molecule has 3 N–H and O–H groups in total. The molecule has 3 aromatic carbocycles. The van der Waals surface area contributed by atoms with Crippen LogP contribution in [-0.4, -0.2) is 29.5 Å². The van der Waals surface area contributed by atoms with Crippen molar-refractivity contribution in [3.05, 3.63) is 102 Å². The molecule has 0 aliphatic rings. The normalized spacial score (nSPS) is 10.2. The number of rotatable bonds is 11. The molecule has 0 saturated heterocycles. The van der Waals surface area contributed by atoms with Gasteiger partial charge in [-0.1, -0.05) is 72.8 Å². The van der Waals surface area contributed by atoms with E-state index in [9.17, 15) is 14.4 Å². The number of benzene rings is 3. The number of carbonyl (C=O) groups is 3. The highest BCUT2D eigenvalue weighted by Crippen LogP contribution is 2.15. The third-order valence-corrected chi connectivity index (χ3v) is 5.44. The number of ether oxygens (including phenoxy) is 1. The summed E-state index contributed by atoms with van der Waals surface area (Å²) in [6, 6.07) is 26.4. The summed E-state index contributed by atoms with van der Waals surface area (Å²) in [7, 11) is 0. The number of amides is 2. The highest BCUT2D eigenvalue weighted by atomic mass is 32.1. The molecule has 0 saturated carbocycles. The predicted octanol–water partition coefficient (Wildman–Crippen LogP) is 4.39. The molecule has 8 heteroatoms. The zero-order valence-electron chi connectivity index (χ0n) is 19.9. The third kappa shape index (κ3) is 9.31. The molecule has 2 amide bonds. The van der Waals surface area contributed by atoms with Crippen LogP contribution in [0, 0.1) is 0 Å². The Morgan fingerprint density at radius 3 is 2.14 bits per heavy atom. The molecule has 3 rings (SSSR count). The number of thiocarbonyl (C=S) groups is 1. The Balaban J connectivity index is 1.38. The van der Waals surface area contributed by atoms with Gasteiger partial charge in [-0.05, 0) is 48.3 Å². The number of para-hydroxylation sites is 1. The van der Waals surface area contributed by atoms with Crippen molar-refractivity contribution in [2.75, 3.05) is 11.9 Å². The first-order chi connectivity index (χ1) is 17.5. The number of anilines is 1. The lowest BCUT2D eigenvalue weighted by Gasteiger charge is -2.13. The molecular weight excluding hydrogens is 474 g/mol. The van der Waals surface area contributed by atoms with Crippen LogP contribution in [-0.2, 0) is 27.3 Å². The molecule has 0 aliphatic heterocycles. The number of hydrogen-bond donors (Lipinski definition) is 3. The summed E-state index contributed by atoms with van der Waals surface area (Å²) in [6.07, 6.45) is 1.44. The van der Waals surface area contributed by atoms with Crippen molar-refractivity contribution in [1.29, 1.82) is 0 Å². The summed E-state index contributed by atoms with van der Waals surface area (Å²) in [5.74, 6) is -1.12. The second-order valence-corrected chi connectivity index (χ2v) is 8.43. The Morgan fingerprint density at radius 1 is 0.778 bits per heavy atom. The van der Waals surface area contributed by atoms with Crippen LogP contribution < -0.4 is 16.0 Å². The Hall–Kier alpha value is -4.04. The average molecular weight is 504 g/mol. The minimum absolute atomic E-state index is 0.0412. The summed E-state index contributed by atoms with van der Waals surface area (Å²) in [5, 5.41) is 8.34. The van der Waals surface area contributed by atoms with Gasteiger partial charge in [-0.3, -0.25) is 14.4 Å². The van der Waals surface area contributed by atoms with Crippen molar-refractivity contribution < 1.29 is 19.1 Å². The SMILES string of the molecule is O=C(CCC(=O)OCCCc1ccccc1)NC(=S)Nc1ccccc1C(=O)NCc1ccccc1. The topological polar surface area (TPSA) is 96.5 Å². The van der Waals surface area contributed by atoms with Gasteiger partial charge in [0.2, 0.25) is 5.91 Å². The second-order valence-electron chi connectivity index (χ2n) is 8.03. The van der Waals surface area contributed by atoms with E-state index < -0.39 is 11.9 Å². The number of carbonyl (C=O) groups excluding carboxylic acids is 3. The quantitative estimate of drug-likeness (QED) is 0.204. The van der Waals surface area contributed by atoms with Crippen molar-refractivity contribution in [3.8, 4) is 0 Å². The van der Waals surface area contributed by atoms with E-state index in [0.29, 0.717) is 30.8 Å².